The van der Waals surface area contributed by atoms with Crippen LogP contribution in [0.1, 0.15) is 56.5 Å². The second-order valence-electron chi connectivity index (χ2n) is 7.23. The molecule has 0 bridgehead atoms. The third-order valence-electron chi connectivity index (χ3n) is 5.08. The smallest absolute Gasteiger partial charge is 0.191 e. The van der Waals surface area contributed by atoms with Crippen LogP contribution in [0.3, 0.4) is 0 Å². The standard InChI is InChI=1S/C23H32N6O.HI/c1-4-19(5-2)22-14-21(30-28-22)16-26-23(24-6-3)25-13-12-18-15-27-29(17-18)20-10-8-7-9-11-20;/h7-11,14-15,17,19H,4-6,12-13,16H2,1-3H3,(H2,24,25,26);1H. The molecule has 3 aromatic rings. The number of benzene rings is 1. The van der Waals surface area contributed by atoms with E-state index in [9.17, 15) is 0 Å². The lowest BCUT2D eigenvalue weighted by Gasteiger charge is -2.10. The Balaban J connectivity index is 0.00000341. The average molecular weight is 536 g/mol. The SMILES string of the molecule is CCNC(=NCc1cc(C(CC)CC)no1)NCCc1cnn(-c2ccccc2)c1.I. The number of guanidine groups is 1. The Morgan fingerprint density at radius 2 is 1.90 bits per heavy atom. The van der Waals surface area contributed by atoms with E-state index in [-0.39, 0.29) is 24.0 Å². The Labute approximate surface area is 201 Å². The zero-order valence-electron chi connectivity index (χ0n) is 18.5. The third-order valence-corrected chi connectivity index (χ3v) is 5.08. The minimum absolute atomic E-state index is 0. The normalized spacial score (nSPS) is 11.4. The predicted octanol–water partition coefficient (Wildman–Crippen LogP) is 4.68. The summed E-state index contributed by atoms with van der Waals surface area (Å²) in [5, 5.41) is 15.3. The van der Waals surface area contributed by atoms with Gasteiger partial charge >= 0.3 is 0 Å². The molecule has 0 saturated carbocycles. The lowest BCUT2D eigenvalue weighted by molar-refractivity contribution is 0.372. The first-order valence-electron chi connectivity index (χ1n) is 10.8. The first kappa shape index (κ1) is 24.9. The molecule has 0 atom stereocenters. The summed E-state index contributed by atoms with van der Waals surface area (Å²) in [6.07, 6.45) is 6.97. The summed E-state index contributed by atoms with van der Waals surface area (Å²) in [4.78, 5) is 4.63. The monoisotopic (exact) mass is 536 g/mol. The van der Waals surface area contributed by atoms with E-state index in [2.05, 4.69) is 52.8 Å². The fourth-order valence-electron chi connectivity index (χ4n) is 3.34. The predicted molar refractivity (Wildman–Crippen MR) is 135 cm³/mol. The molecule has 8 heteroatoms. The molecule has 0 aliphatic carbocycles. The maximum absolute atomic E-state index is 5.47. The Morgan fingerprint density at radius 3 is 2.61 bits per heavy atom. The maximum Gasteiger partial charge on any atom is 0.191 e. The largest absolute Gasteiger partial charge is 0.359 e. The Morgan fingerprint density at radius 1 is 1.13 bits per heavy atom. The Hall–Kier alpha value is -2.36. The van der Waals surface area contributed by atoms with Gasteiger partial charge in [0.1, 0.15) is 6.54 Å². The van der Waals surface area contributed by atoms with Crippen LogP contribution < -0.4 is 10.6 Å². The second-order valence-corrected chi connectivity index (χ2v) is 7.23. The number of para-hydroxylation sites is 1. The van der Waals surface area contributed by atoms with Crippen molar-refractivity contribution in [1.82, 2.24) is 25.6 Å². The number of hydrogen-bond donors (Lipinski definition) is 2. The van der Waals surface area contributed by atoms with Gasteiger partial charge in [0.05, 0.1) is 17.6 Å². The molecule has 1 aromatic carbocycles. The van der Waals surface area contributed by atoms with Crippen LogP contribution in [-0.4, -0.2) is 34.0 Å². The number of nitrogens with one attached hydrogen (secondary N) is 2. The van der Waals surface area contributed by atoms with Gasteiger partial charge in [0, 0.05) is 31.3 Å². The highest BCUT2D eigenvalue weighted by molar-refractivity contribution is 14.0. The minimum Gasteiger partial charge on any atom is -0.359 e. The quantitative estimate of drug-likeness (QED) is 0.224. The van der Waals surface area contributed by atoms with Gasteiger partial charge in [-0.05, 0) is 43.9 Å². The second kappa shape index (κ2) is 13.1. The summed E-state index contributed by atoms with van der Waals surface area (Å²) < 4.78 is 7.37. The van der Waals surface area contributed by atoms with Crippen molar-refractivity contribution in [1.29, 1.82) is 0 Å². The van der Waals surface area contributed by atoms with E-state index in [1.165, 1.54) is 5.56 Å². The molecule has 168 valence electrons. The van der Waals surface area contributed by atoms with Crippen molar-refractivity contribution < 1.29 is 4.52 Å². The van der Waals surface area contributed by atoms with Gasteiger partial charge in [-0.1, -0.05) is 37.2 Å². The topological polar surface area (TPSA) is 80.3 Å². The molecule has 2 aromatic heterocycles. The average Bonchev–Trinajstić information content (AvgIpc) is 3.44. The molecule has 0 aliphatic heterocycles. The molecule has 7 nitrogen and oxygen atoms in total. The van der Waals surface area contributed by atoms with Crippen LogP contribution in [0.4, 0.5) is 0 Å². The highest BCUT2D eigenvalue weighted by Crippen LogP contribution is 2.22. The molecule has 0 radical (unpaired) electrons. The van der Waals surface area contributed by atoms with E-state index in [1.807, 2.05) is 47.3 Å². The van der Waals surface area contributed by atoms with Crippen LogP contribution in [0.15, 0.2) is 58.3 Å². The van der Waals surface area contributed by atoms with Gasteiger partial charge in [0.2, 0.25) is 0 Å². The van der Waals surface area contributed by atoms with Crippen molar-refractivity contribution in [3.05, 3.63) is 65.8 Å². The number of halogens is 1. The van der Waals surface area contributed by atoms with Crippen molar-refractivity contribution in [2.24, 2.45) is 4.99 Å². The molecule has 0 amide bonds. The molecule has 0 saturated heterocycles. The third kappa shape index (κ3) is 7.37. The van der Waals surface area contributed by atoms with Crippen LogP contribution in [0, 0.1) is 0 Å². The van der Waals surface area contributed by atoms with Crippen molar-refractivity contribution in [2.75, 3.05) is 13.1 Å². The number of rotatable bonds is 10. The lowest BCUT2D eigenvalue weighted by Crippen LogP contribution is -2.38. The van der Waals surface area contributed by atoms with Crippen molar-refractivity contribution >= 4 is 29.9 Å². The van der Waals surface area contributed by atoms with E-state index >= 15 is 0 Å². The highest BCUT2D eigenvalue weighted by atomic mass is 127. The van der Waals surface area contributed by atoms with Crippen molar-refractivity contribution in [3.8, 4) is 5.69 Å². The van der Waals surface area contributed by atoms with E-state index in [1.54, 1.807) is 0 Å². The highest BCUT2D eigenvalue weighted by Gasteiger charge is 2.12. The fourth-order valence-corrected chi connectivity index (χ4v) is 3.34. The van der Waals surface area contributed by atoms with Gasteiger partial charge in [-0.3, -0.25) is 0 Å². The Bertz CT molecular complexity index is 917. The van der Waals surface area contributed by atoms with Gasteiger partial charge in [-0.25, -0.2) is 9.67 Å². The molecule has 2 heterocycles. The fraction of sp³-hybridized carbons (Fsp3) is 0.435. The summed E-state index contributed by atoms with van der Waals surface area (Å²) in [5.74, 6) is 2.02. The molecule has 3 rings (SSSR count). The summed E-state index contributed by atoms with van der Waals surface area (Å²) in [7, 11) is 0. The first-order valence-corrected chi connectivity index (χ1v) is 10.8. The molecule has 31 heavy (non-hydrogen) atoms. The van der Waals surface area contributed by atoms with Gasteiger partial charge in [0.15, 0.2) is 11.7 Å². The van der Waals surface area contributed by atoms with Crippen LogP contribution in [-0.2, 0) is 13.0 Å². The van der Waals surface area contributed by atoms with E-state index in [0.29, 0.717) is 12.5 Å². The zero-order valence-corrected chi connectivity index (χ0v) is 20.9. The summed E-state index contributed by atoms with van der Waals surface area (Å²) in [5.41, 5.74) is 3.26. The molecule has 0 fully saturated rings. The zero-order chi connectivity index (χ0) is 21.2. The van der Waals surface area contributed by atoms with E-state index < -0.39 is 0 Å². The van der Waals surface area contributed by atoms with Crippen molar-refractivity contribution in [2.45, 2.75) is 52.5 Å². The van der Waals surface area contributed by atoms with Gasteiger partial charge < -0.3 is 15.2 Å². The Kier molecular flexibility index (Phi) is 10.6. The number of nitrogens with zero attached hydrogens (tertiary/aromatic N) is 4. The summed E-state index contributed by atoms with van der Waals surface area (Å²) >= 11 is 0. The minimum atomic E-state index is 0. The van der Waals surface area contributed by atoms with Gasteiger partial charge in [-0.2, -0.15) is 5.10 Å². The molecule has 2 N–H and O–H groups in total. The first-order chi connectivity index (χ1) is 14.7. The summed E-state index contributed by atoms with van der Waals surface area (Å²) in [6, 6.07) is 12.2. The molecular formula is C23H33IN6O. The molecule has 0 aliphatic rings. The maximum atomic E-state index is 5.47. The van der Waals surface area contributed by atoms with Crippen LogP contribution in [0.2, 0.25) is 0 Å². The van der Waals surface area contributed by atoms with Crippen LogP contribution in [0.5, 0.6) is 0 Å². The molecule has 0 unspecified atom stereocenters. The van der Waals surface area contributed by atoms with E-state index in [4.69, 9.17) is 4.52 Å². The lowest BCUT2D eigenvalue weighted by atomic mass is 9.99. The molecular weight excluding hydrogens is 503 g/mol. The number of hydrogen-bond acceptors (Lipinski definition) is 4. The van der Waals surface area contributed by atoms with E-state index in [0.717, 1.165) is 55.5 Å². The number of aromatic nitrogens is 3. The van der Waals surface area contributed by atoms with Gasteiger partial charge in [-0.15, -0.1) is 24.0 Å². The van der Waals surface area contributed by atoms with Gasteiger partial charge in [0.25, 0.3) is 0 Å². The molecule has 0 spiro atoms. The summed E-state index contributed by atoms with van der Waals surface area (Å²) in [6.45, 7) is 8.44. The van der Waals surface area contributed by atoms with Crippen LogP contribution >= 0.6 is 24.0 Å². The van der Waals surface area contributed by atoms with Crippen LogP contribution in [0.25, 0.3) is 5.69 Å². The van der Waals surface area contributed by atoms with Crippen molar-refractivity contribution in [3.63, 3.8) is 0 Å². The number of aliphatic imine (C=N–C) groups is 1.